The fraction of sp³-hybridized carbons (Fsp3) is 0.500. The molecule has 0 amide bonds. The molecule has 0 saturated heterocycles. The van der Waals surface area contributed by atoms with Gasteiger partial charge in [-0.1, -0.05) is 11.6 Å². The molecular weight excluding hydrogens is 243 g/mol. The Kier molecular flexibility index (Phi) is 5.85. The third-order valence-electron chi connectivity index (χ3n) is 2.28. The highest BCUT2D eigenvalue weighted by Gasteiger charge is 2.06. The molecule has 2 N–H and O–H groups in total. The summed E-state index contributed by atoms with van der Waals surface area (Å²) in [5.41, 5.74) is 0.509. The van der Waals surface area contributed by atoms with E-state index in [-0.39, 0.29) is 5.82 Å². The van der Waals surface area contributed by atoms with Gasteiger partial charge in [-0.2, -0.15) is 0 Å². The summed E-state index contributed by atoms with van der Waals surface area (Å²) in [6.07, 6.45) is -0.466. The van der Waals surface area contributed by atoms with E-state index in [1.807, 2.05) is 19.0 Å². The lowest BCUT2D eigenvalue weighted by molar-refractivity contribution is 0.134. The predicted octanol–water partition coefficient (Wildman–Crippen LogP) is 1.49. The number of halogens is 2. The topological polar surface area (TPSA) is 35.5 Å². The Balaban J connectivity index is 2.38. The number of hydrogen-bond donors (Lipinski definition) is 2. The van der Waals surface area contributed by atoms with Crippen molar-refractivity contribution in [3.63, 3.8) is 0 Å². The van der Waals surface area contributed by atoms with Gasteiger partial charge in [-0.15, -0.1) is 0 Å². The van der Waals surface area contributed by atoms with Gasteiger partial charge in [0.15, 0.2) is 0 Å². The smallest absolute Gasteiger partial charge is 0.127 e. The highest BCUT2D eigenvalue weighted by atomic mass is 35.5. The SMILES string of the molecule is CN(C)CC(O)CNCc1cc(Cl)ccc1F. The van der Waals surface area contributed by atoms with Crippen molar-refractivity contribution in [2.24, 2.45) is 0 Å². The average molecular weight is 261 g/mol. The monoisotopic (exact) mass is 260 g/mol. The number of aliphatic hydroxyl groups is 1. The van der Waals surface area contributed by atoms with Crippen LogP contribution in [0.5, 0.6) is 0 Å². The van der Waals surface area contributed by atoms with Gasteiger partial charge in [-0.05, 0) is 32.3 Å². The molecule has 0 aliphatic heterocycles. The summed E-state index contributed by atoms with van der Waals surface area (Å²) in [5, 5.41) is 13.1. The standard InChI is InChI=1S/C12H18ClFN2O/c1-16(2)8-11(17)7-15-6-9-5-10(13)3-4-12(9)14/h3-5,11,15,17H,6-8H2,1-2H3. The van der Waals surface area contributed by atoms with Crippen LogP contribution in [0.2, 0.25) is 5.02 Å². The second-order valence-corrected chi connectivity index (χ2v) is 4.72. The van der Waals surface area contributed by atoms with Crippen LogP contribution in [0.15, 0.2) is 18.2 Å². The molecule has 0 saturated carbocycles. The zero-order valence-corrected chi connectivity index (χ0v) is 10.8. The van der Waals surface area contributed by atoms with Crippen LogP contribution in [0.1, 0.15) is 5.56 Å². The second kappa shape index (κ2) is 6.91. The first-order valence-electron chi connectivity index (χ1n) is 5.46. The number of rotatable bonds is 6. The third kappa shape index (κ3) is 5.46. The maximum absolute atomic E-state index is 13.3. The van der Waals surface area contributed by atoms with E-state index >= 15 is 0 Å². The molecule has 0 aromatic heterocycles. The molecule has 0 heterocycles. The van der Waals surface area contributed by atoms with Crippen molar-refractivity contribution in [3.8, 4) is 0 Å². The van der Waals surface area contributed by atoms with Crippen molar-refractivity contribution in [3.05, 3.63) is 34.6 Å². The minimum Gasteiger partial charge on any atom is -0.390 e. The number of nitrogens with zero attached hydrogens (tertiary/aromatic N) is 1. The Bertz CT molecular complexity index is 360. The molecule has 0 fully saturated rings. The van der Waals surface area contributed by atoms with E-state index in [4.69, 9.17) is 11.6 Å². The summed E-state index contributed by atoms with van der Waals surface area (Å²) >= 11 is 5.78. The van der Waals surface area contributed by atoms with Gasteiger partial charge in [0.2, 0.25) is 0 Å². The van der Waals surface area contributed by atoms with Gasteiger partial charge in [0, 0.05) is 30.2 Å². The molecule has 1 aromatic rings. The molecule has 0 bridgehead atoms. The molecule has 0 radical (unpaired) electrons. The molecular formula is C12H18ClFN2O. The largest absolute Gasteiger partial charge is 0.390 e. The lowest BCUT2D eigenvalue weighted by Gasteiger charge is -2.16. The molecule has 0 aliphatic rings. The minimum absolute atomic E-state index is 0.288. The molecule has 1 aromatic carbocycles. The first kappa shape index (κ1) is 14.4. The van der Waals surface area contributed by atoms with Gasteiger partial charge in [0.05, 0.1) is 6.10 Å². The Morgan fingerprint density at radius 3 is 2.82 bits per heavy atom. The summed E-state index contributed by atoms with van der Waals surface area (Å²) < 4.78 is 13.3. The number of nitrogens with one attached hydrogen (secondary N) is 1. The first-order valence-corrected chi connectivity index (χ1v) is 5.84. The van der Waals surface area contributed by atoms with Crippen LogP contribution in [-0.2, 0) is 6.54 Å². The average Bonchev–Trinajstić information content (AvgIpc) is 2.22. The van der Waals surface area contributed by atoms with Crippen LogP contribution in [0, 0.1) is 5.82 Å². The number of hydrogen-bond acceptors (Lipinski definition) is 3. The Hall–Kier alpha value is -0.680. The minimum atomic E-state index is -0.466. The van der Waals surface area contributed by atoms with Crippen molar-refractivity contribution >= 4 is 11.6 Å². The number of likely N-dealkylation sites (N-methyl/N-ethyl adjacent to an activating group) is 1. The third-order valence-corrected chi connectivity index (χ3v) is 2.51. The van der Waals surface area contributed by atoms with E-state index in [0.29, 0.717) is 30.2 Å². The maximum Gasteiger partial charge on any atom is 0.127 e. The molecule has 3 nitrogen and oxygen atoms in total. The van der Waals surface area contributed by atoms with E-state index in [9.17, 15) is 9.50 Å². The molecule has 1 unspecified atom stereocenters. The summed E-state index contributed by atoms with van der Waals surface area (Å²) in [6, 6.07) is 4.44. The van der Waals surface area contributed by atoms with E-state index in [1.165, 1.54) is 12.1 Å². The highest BCUT2D eigenvalue weighted by molar-refractivity contribution is 6.30. The van der Waals surface area contributed by atoms with Gasteiger partial charge in [-0.3, -0.25) is 0 Å². The summed E-state index contributed by atoms with van der Waals surface area (Å²) in [6.45, 7) is 1.35. The Morgan fingerprint density at radius 1 is 1.47 bits per heavy atom. The van der Waals surface area contributed by atoms with Crippen LogP contribution >= 0.6 is 11.6 Å². The van der Waals surface area contributed by atoms with E-state index in [0.717, 1.165) is 0 Å². The molecule has 0 spiro atoms. The summed E-state index contributed by atoms with van der Waals surface area (Å²) in [5.74, 6) is -0.288. The van der Waals surface area contributed by atoms with Gasteiger partial charge in [0.25, 0.3) is 0 Å². The lowest BCUT2D eigenvalue weighted by atomic mass is 10.2. The highest BCUT2D eigenvalue weighted by Crippen LogP contribution is 2.14. The Morgan fingerprint density at radius 2 is 2.18 bits per heavy atom. The van der Waals surface area contributed by atoms with Crippen molar-refractivity contribution in [2.75, 3.05) is 27.2 Å². The number of aliphatic hydroxyl groups excluding tert-OH is 1. The fourth-order valence-corrected chi connectivity index (χ4v) is 1.73. The zero-order valence-electron chi connectivity index (χ0n) is 10.1. The molecule has 1 rings (SSSR count). The van der Waals surface area contributed by atoms with Gasteiger partial charge in [-0.25, -0.2) is 4.39 Å². The van der Waals surface area contributed by atoms with Gasteiger partial charge >= 0.3 is 0 Å². The van der Waals surface area contributed by atoms with Crippen LogP contribution in [0.4, 0.5) is 4.39 Å². The lowest BCUT2D eigenvalue weighted by Crippen LogP contribution is -2.34. The van der Waals surface area contributed by atoms with Crippen LogP contribution in [0.25, 0.3) is 0 Å². The van der Waals surface area contributed by atoms with Crippen LogP contribution in [0.3, 0.4) is 0 Å². The normalized spacial score (nSPS) is 13.1. The first-order chi connectivity index (χ1) is 7.99. The quantitative estimate of drug-likeness (QED) is 0.814. The molecule has 17 heavy (non-hydrogen) atoms. The van der Waals surface area contributed by atoms with E-state index < -0.39 is 6.10 Å². The van der Waals surface area contributed by atoms with Crippen molar-refractivity contribution < 1.29 is 9.50 Å². The maximum atomic E-state index is 13.3. The summed E-state index contributed by atoms with van der Waals surface area (Å²) in [4.78, 5) is 1.90. The second-order valence-electron chi connectivity index (χ2n) is 4.28. The molecule has 1 atom stereocenters. The molecule has 96 valence electrons. The molecule has 0 aliphatic carbocycles. The van der Waals surface area contributed by atoms with Crippen LogP contribution in [-0.4, -0.2) is 43.3 Å². The van der Waals surface area contributed by atoms with Crippen molar-refractivity contribution in [1.29, 1.82) is 0 Å². The summed E-state index contributed by atoms with van der Waals surface area (Å²) in [7, 11) is 3.78. The predicted molar refractivity (Wildman–Crippen MR) is 67.7 cm³/mol. The zero-order chi connectivity index (χ0) is 12.8. The van der Waals surface area contributed by atoms with E-state index in [1.54, 1.807) is 6.07 Å². The van der Waals surface area contributed by atoms with Crippen molar-refractivity contribution in [2.45, 2.75) is 12.6 Å². The van der Waals surface area contributed by atoms with Gasteiger partial charge in [0.1, 0.15) is 5.82 Å². The Labute approximate surface area is 106 Å². The molecule has 5 heteroatoms. The van der Waals surface area contributed by atoms with Crippen molar-refractivity contribution in [1.82, 2.24) is 10.2 Å². The van der Waals surface area contributed by atoms with Crippen LogP contribution < -0.4 is 5.32 Å². The van der Waals surface area contributed by atoms with Gasteiger partial charge < -0.3 is 15.3 Å². The number of benzene rings is 1. The fourth-order valence-electron chi connectivity index (χ4n) is 1.54. The van der Waals surface area contributed by atoms with E-state index in [2.05, 4.69) is 5.32 Å².